The van der Waals surface area contributed by atoms with Crippen LogP contribution >= 0.6 is 23.4 Å². The van der Waals surface area contributed by atoms with Gasteiger partial charge >= 0.3 is 6.18 Å². The molecule has 1 atom stereocenters. The molecule has 0 amide bonds. The maximum absolute atomic E-state index is 14.7. The summed E-state index contributed by atoms with van der Waals surface area (Å²) in [5, 5.41) is 4.24. The number of sulfonamides is 1. The van der Waals surface area contributed by atoms with Crippen LogP contribution in [0.3, 0.4) is 0 Å². The summed E-state index contributed by atoms with van der Waals surface area (Å²) in [6.07, 6.45) is -3.04. The van der Waals surface area contributed by atoms with Gasteiger partial charge in [-0.2, -0.15) is 13.2 Å². The number of hydrogen-bond acceptors (Lipinski definition) is 10. The molecule has 62 heavy (non-hydrogen) atoms. The molecular formula is C46H46ClF3N8O2S2. The van der Waals surface area contributed by atoms with Crippen molar-refractivity contribution < 1.29 is 21.6 Å². The van der Waals surface area contributed by atoms with Gasteiger partial charge in [-0.05, 0) is 90.7 Å². The fourth-order valence-electron chi connectivity index (χ4n) is 7.85. The Morgan fingerprint density at radius 1 is 0.855 bits per heavy atom. The van der Waals surface area contributed by atoms with Crippen molar-refractivity contribution in [3.05, 3.63) is 138 Å². The van der Waals surface area contributed by atoms with Gasteiger partial charge in [-0.15, -0.1) is 11.8 Å². The van der Waals surface area contributed by atoms with Gasteiger partial charge < -0.3 is 15.1 Å². The molecule has 2 aliphatic heterocycles. The third kappa shape index (κ3) is 10.5. The molecule has 6 aromatic rings. The predicted octanol–water partition coefficient (Wildman–Crippen LogP) is 9.79. The van der Waals surface area contributed by atoms with Gasteiger partial charge in [0.25, 0.3) is 10.0 Å². The summed E-state index contributed by atoms with van der Waals surface area (Å²) < 4.78 is 74.2. The average molecular weight is 900 g/mol. The van der Waals surface area contributed by atoms with Crippen molar-refractivity contribution in [2.75, 3.05) is 66.5 Å². The third-order valence-electron chi connectivity index (χ3n) is 11.2. The standard InChI is InChI=1S/C46H46ClF3N8O2S2/c1-32-51-20-22-57(32)21-19-36(30-61-38-8-3-2-4-9-38)54-43-18-16-39(28-42(43)46(48,49)50)62(59,60)55-45-41-17-15-37(27-44(41)52-31-53-45)58-25-23-56(24-26-58)29-34-7-5-6-10-40(34)33-11-13-35(47)14-12-33/h2-18,27-28,31,36,54H,19-26,29-30H2,1H3,(H,52,53,55)/t36-/m1/s1. The molecule has 0 unspecified atom stereocenters. The number of amidine groups is 1. The van der Waals surface area contributed by atoms with E-state index in [1.807, 2.05) is 79.7 Å². The Morgan fingerprint density at radius 2 is 1.61 bits per heavy atom. The minimum atomic E-state index is -4.84. The smallest absolute Gasteiger partial charge is 0.381 e. The van der Waals surface area contributed by atoms with E-state index in [0.29, 0.717) is 47.3 Å². The molecule has 0 saturated carbocycles. The Labute approximate surface area is 369 Å². The largest absolute Gasteiger partial charge is 0.418 e. The fraction of sp³-hybridized carbons (Fsp3) is 0.283. The van der Waals surface area contributed by atoms with Gasteiger partial charge in [-0.1, -0.05) is 66.2 Å². The third-order valence-corrected chi connectivity index (χ3v) is 14.0. The van der Waals surface area contributed by atoms with E-state index in [9.17, 15) is 21.6 Å². The maximum Gasteiger partial charge on any atom is 0.418 e. The average Bonchev–Trinajstić information content (AvgIpc) is 3.69. The van der Waals surface area contributed by atoms with Crippen LogP contribution in [0, 0.1) is 0 Å². The van der Waals surface area contributed by atoms with E-state index in [-0.39, 0.29) is 17.5 Å². The maximum atomic E-state index is 14.7. The van der Waals surface area contributed by atoms with Gasteiger partial charge in [0.2, 0.25) is 0 Å². The first kappa shape index (κ1) is 43.3. The van der Waals surface area contributed by atoms with Gasteiger partial charge in [-0.3, -0.25) is 14.6 Å². The van der Waals surface area contributed by atoms with E-state index < -0.39 is 26.7 Å². The number of aromatic nitrogens is 2. The second kappa shape index (κ2) is 19.0. The summed E-state index contributed by atoms with van der Waals surface area (Å²) in [5.41, 5.74) is 3.69. The highest BCUT2D eigenvalue weighted by molar-refractivity contribution is 7.99. The van der Waals surface area contributed by atoms with Gasteiger partial charge in [0, 0.05) is 84.3 Å². The molecule has 16 heteroatoms. The second-order valence-corrected chi connectivity index (χ2v) is 18.5. The van der Waals surface area contributed by atoms with Crippen molar-refractivity contribution in [3.63, 3.8) is 0 Å². The number of fused-ring (bicyclic) bond motifs is 1. The lowest BCUT2D eigenvalue weighted by Crippen LogP contribution is -2.46. The van der Waals surface area contributed by atoms with Crippen molar-refractivity contribution in [1.82, 2.24) is 19.8 Å². The van der Waals surface area contributed by atoms with E-state index >= 15 is 0 Å². The van der Waals surface area contributed by atoms with Gasteiger partial charge in [-0.25, -0.2) is 18.4 Å². The highest BCUT2D eigenvalue weighted by atomic mass is 35.5. The summed E-state index contributed by atoms with van der Waals surface area (Å²) in [5.74, 6) is 1.38. The van der Waals surface area contributed by atoms with Crippen LogP contribution in [0.25, 0.3) is 22.0 Å². The molecule has 0 spiro atoms. The molecule has 5 aromatic carbocycles. The van der Waals surface area contributed by atoms with E-state index in [4.69, 9.17) is 11.6 Å². The highest BCUT2D eigenvalue weighted by Gasteiger charge is 2.36. The summed E-state index contributed by atoms with van der Waals surface area (Å²) in [6, 6.07) is 34.2. The molecule has 2 aliphatic rings. The normalized spacial score (nSPS) is 15.5. The van der Waals surface area contributed by atoms with E-state index in [1.54, 1.807) is 17.8 Å². The van der Waals surface area contributed by atoms with Crippen molar-refractivity contribution in [2.45, 2.75) is 41.9 Å². The minimum absolute atomic E-state index is 0.0276. The zero-order chi connectivity index (χ0) is 43.3. The monoisotopic (exact) mass is 898 g/mol. The number of halogens is 4. The number of rotatable bonds is 15. The van der Waals surface area contributed by atoms with E-state index in [2.05, 4.69) is 57.9 Å². The number of nitrogens with zero attached hydrogens (tertiary/aromatic N) is 6. The highest BCUT2D eigenvalue weighted by Crippen LogP contribution is 2.38. The Bertz CT molecular complexity index is 2650. The van der Waals surface area contributed by atoms with E-state index in [1.165, 1.54) is 29.6 Å². The lowest BCUT2D eigenvalue weighted by atomic mass is 9.99. The van der Waals surface area contributed by atoms with Crippen molar-refractivity contribution >= 4 is 67.3 Å². The number of nitrogens with one attached hydrogen (secondary N) is 2. The van der Waals surface area contributed by atoms with Crippen molar-refractivity contribution in [3.8, 4) is 11.1 Å². The molecule has 10 nitrogen and oxygen atoms in total. The number of hydrogen-bond donors (Lipinski definition) is 2. The molecule has 1 saturated heterocycles. The van der Waals surface area contributed by atoms with Crippen LogP contribution in [0.5, 0.6) is 0 Å². The van der Waals surface area contributed by atoms with Gasteiger partial charge in [0.15, 0.2) is 5.82 Å². The number of benzene rings is 5. The molecule has 0 aliphatic carbocycles. The zero-order valence-corrected chi connectivity index (χ0v) is 36.4. The Kier molecular flexibility index (Phi) is 13.2. The summed E-state index contributed by atoms with van der Waals surface area (Å²) in [7, 11) is -4.51. The molecular weight excluding hydrogens is 853 g/mol. The summed E-state index contributed by atoms with van der Waals surface area (Å²) >= 11 is 7.68. The topological polar surface area (TPSA) is 106 Å². The van der Waals surface area contributed by atoms with Crippen LogP contribution in [0.4, 0.5) is 30.4 Å². The van der Waals surface area contributed by atoms with Gasteiger partial charge in [0.05, 0.1) is 28.4 Å². The van der Waals surface area contributed by atoms with Crippen molar-refractivity contribution in [2.24, 2.45) is 4.99 Å². The number of alkyl halides is 3. The second-order valence-electron chi connectivity index (χ2n) is 15.3. The van der Waals surface area contributed by atoms with Crippen LogP contribution in [0.15, 0.2) is 136 Å². The first-order chi connectivity index (χ1) is 29.9. The van der Waals surface area contributed by atoms with Crippen LogP contribution in [0.1, 0.15) is 24.5 Å². The molecule has 0 bridgehead atoms. The van der Waals surface area contributed by atoms with Gasteiger partial charge in [0.1, 0.15) is 6.33 Å². The molecule has 0 radical (unpaired) electrons. The summed E-state index contributed by atoms with van der Waals surface area (Å²) in [4.78, 5) is 20.3. The molecule has 8 rings (SSSR count). The van der Waals surface area contributed by atoms with Crippen LogP contribution in [-0.4, -0.2) is 91.6 Å². The Hall–Kier alpha value is -5.35. The quantitative estimate of drug-likeness (QED) is 0.0976. The lowest BCUT2D eigenvalue weighted by Gasteiger charge is -2.36. The van der Waals surface area contributed by atoms with Crippen LogP contribution in [0.2, 0.25) is 5.02 Å². The van der Waals surface area contributed by atoms with Crippen LogP contribution < -0.4 is 14.9 Å². The molecule has 3 heterocycles. The van der Waals surface area contributed by atoms with E-state index in [0.717, 1.165) is 61.3 Å². The molecule has 1 fully saturated rings. The molecule has 322 valence electrons. The Balaban J connectivity index is 0.951. The SMILES string of the molecule is CC1=NCCN1CC[C@H](CSc1ccccc1)Nc1ccc(S(=O)(=O)Nc2ncnc3cc(N4CCN(Cc5ccccc5-c5ccc(Cl)cc5)CC4)ccc23)cc1C(F)(F)F. The van der Waals surface area contributed by atoms with Crippen molar-refractivity contribution in [1.29, 1.82) is 0 Å². The number of piperazine rings is 1. The Morgan fingerprint density at radius 3 is 2.35 bits per heavy atom. The first-order valence-corrected chi connectivity index (χ1v) is 23.2. The predicted molar refractivity (Wildman–Crippen MR) is 245 cm³/mol. The molecule has 1 aromatic heterocycles. The number of thioether (sulfide) groups is 1. The number of aliphatic imine (C=N–C) groups is 1. The van der Waals surface area contributed by atoms with Crippen LogP contribution in [-0.2, 0) is 22.7 Å². The zero-order valence-electron chi connectivity index (χ0n) is 34.0. The summed E-state index contributed by atoms with van der Waals surface area (Å²) in [6.45, 7) is 8.01. The fourth-order valence-corrected chi connectivity index (χ4v) is 10.0. The molecule has 2 N–H and O–H groups in total. The first-order valence-electron chi connectivity index (χ1n) is 20.4. The number of anilines is 3. The lowest BCUT2D eigenvalue weighted by molar-refractivity contribution is -0.137. The minimum Gasteiger partial charge on any atom is -0.381 e.